The second-order valence-corrected chi connectivity index (χ2v) is 8.13. The van der Waals surface area contributed by atoms with E-state index in [-0.39, 0.29) is 5.91 Å². The Hall–Kier alpha value is -3.26. The maximum absolute atomic E-state index is 13.0. The van der Waals surface area contributed by atoms with Gasteiger partial charge in [0.2, 0.25) is 0 Å². The van der Waals surface area contributed by atoms with Crippen LogP contribution < -0.4 is 5.32 Å². The third-order valence-corrected chi connectivity index (χ3v) is 6.12. The first kappa shape index (κ1) is 20.0. The van der Waals surface area contributed by atoms with E-state index < -0.39 is 0 Å². The predicted octanol–water partition coefficient (Wildman–Crippen LogP) is 4.30. The first-order valence-electron chi connectivity index (χ1n) is 9.80. The molecule has 0 bridgehead atoms. The third kappa shape index (κ3) is 4.33. The van der Waals surface area contributed by atoms with Crippen LogP contribution in [-0.2, 0) is 13.0 Å². The Morgan fingerprint density at radius 3 is 2.80 bits per heavy atom. The van der Waals surface area contributed by atoms with E-state index in [0.717, 1.165) is 41.0 Å². The van der Waals surface area contributed by atoms with Crippen molar-refractivity contribution in [1.82, 2.24) is 20.0 Å². The highest BCUT2D eigenvalue weighted by atomic mass is 32.1. The van der Waals surface area contributed by atoms with Gasteiger partial charge in [0.15, 0.2) is 0 Å². The SMILES string of the molecule is Cc1c(C(=O)N(C)Cc2ccon2)sc2ncnc(NCCCc3ccccc3)c12. The van der Waals surface area contributed by atoms with Crippen molar-refractivity contribution in [1.29, 1.82) is 0 Å². The van der Waals surface area contributed by atoms with E-state index in [1.54, 1.807) is 24.3 Å². The minimum absolute atomic E-state index is 0.0615. The summed E-state index contributed by atoms with van der Waals surface area (Å²) in [5.74, 6) is 0.716. The van der Waals surface area contributed by atoms with Gasteiger partial charge in [0.25, 0.3) is 5.91 Å². The highest BCUT2D eigenvalue weighted by molar-refractivity contribution is 7.20. The lowest BCUT2D eigenvalue weighted by Gasteiger charge is -2.15. The van der Waals surface area contributed by atoms with E-state index in [4.69, 9.17) is 4.52 Å². The molecule has 7 nitrogen and oxygen atoms in total. The topological polar surface area (TPSA) is 84.2 Å². The smallest absolute Gasteiger partial charge is 0.264 e. The molecule has 0 atom stereocenters. The number of nitrogens with zero attached hydrogens (tertiary/aromatic N) is 4. The molecule has 0 fully saturated rings. The van der Waals surface area contributed by atoms with Crippen LogP contribution in [0, 0.1) is 6.92 Å². The molecule has 4 aromatic rings. The quantitative estimate of drug-likeness (QED) is 0.427. The molecule has 3 heterocycles. The highest BCUT2D eigenvalue weighted by Gasteiger charge is 2.22. The number of rotatable bonds is 8. The lowest BCUT2D eigenvalue weighted by molar-refractivity contribution is 0.0786. The van der Waals surface area contributed by atoms with Gasteiger partial charge in [-0.1, -0.05) is 35.5 Å². The third-order valence-electron chi connectivity index (χ3n) is 4.94. The first-order chi connectivity index (χ1) is 14.6. The van der Waals surface area contributed by atoms with Crippen LogP contribution in [0.5, 0.6) is 0 Å². The van der Waals surface area contributed by atoms with E-state index in [9.17, 15) is 4.79 Å². The molecule has 8 heteroatoms. The van der Waals surface area contributed by atoms with E-state index in [1.165, 1.54) is 23.2 Å². The number of anilines is 1. The normalized spacial score (nSPS) is 11.0. The molecule has 0 saturated heterocycles. The van der Waals surface area contributed by atoms with Crippen molar-refractivity contribution in [3.63, 3.8) is 0 Å². The summed E-state index contributed by atoms with van der Waals surface area (Å²) in [5, 5.41) is 8.22. The van der Waals surface area contributed by atoms with Gasteiger partial charge < -0.3 is 14.7 Å². The molecule has 1 aromatic carbocycles. The van der Waals surface area contributed by atoms with Crippen LogP contribution in [0.4, 0.5) is 5.82 Å². The van der Waals surface area contributed by atoms with Gasteiger partial charge in [0.1, 0.15) is 28.9 Å². The summed E-state index contributed by atoms with van der Waals surface area (Å²) in [6, 6.07) is 12.2. The molecule has 30 heavy (non-hydrogen) atoms. The number of thiophene rings is 1. The number of benzene rings is 1. The zero-order valence-electron chi connectivity index (χ0n) is 17.0. The molecular weight excluding hydrogens is 398 g/mol. The second-order valence-electron chi connectivity index (χ2n) is 7.13. The lowest BCUT2D eigenvalue weighted by atomic mass is 10.1. The predicted molar refractivity (Wildman–Crippen MR) is 118 cm³/mol. The number of aromatic nitrogens is 3. The summed E-state index contributed by atoms with van der Waals surface area (Å²) >= 11 is 1.40. The maximum Gasteiger partial charge on any atom is 0.264 e. The fraction of sp³-hybridized carbons (Fsp3) is 0.273. The fourth-order valence-electron chi connectivity index (χ4n) is 3.36. The highest BCUT2D eigenvalue weighted by Crippen LogP contribution is 2.34. The minimum atomic E-state index is -0.0615. The Balaban J connectivity index is 1.47. The van der Waals surface area contributed by atoms with Gasteiger partial charge in [-0.25, -0.2) is 9.97 Å². The monoisotopic (exact) mass is 421 g/mol. The Labute approximate surface area is 178 Å². The summed E-state index contributed by atoms with van der Waals surface area (Å²) < 4.78 is 4.85. The fourth-order valence-corrected chi connectivity index (χ4v) is 4.50. The molecule has 3 aromatic heterocycles. The maximum atomic E-state index is 13.0. The zero-order chi connectivity index (χ0) is 20.9. The number of hydrogen-bond acceptors (Lipinski definition) is 7. The van der Waals surface area contributed by atoms with Gasteiger partial charge in [0, 0.05) is 19.7 Å². The summed E-state index contributed by atoms with van der Waals surface area (Å²) in [6.45, 7) is 3.14. The number of fused-ring (bicyclic) bond motifs is 1. The Morgan fingerprint density at radius 1 is 1.20 bits per heavy atom. The number of amides is 1. The summed E-state index contributed by atoms with van der Waals surface area (Å²) in [5.41, 5.74) is 2.94. The Bertz CT molecular complexity index is 1130. The molecular formula is C22H23N5O2S. The second kappa shape index (κ2) is 9.04. The standard InChI is InChI=1S/C22H23N5O2S/c1-15-18-20(23-11-6-9-16-7-4-3-5-8-16)24-14-25-21(18)30-19(15)22(28)27(2)13-17-10-12-29-26-17/h3-5,7-8,10,12,14H,6,9,11,13H2,1-2H3,(H,23,24,25). The molecule has 1 N–H and O–H groups in total. The molecule has 0 saturated carbocycles. The number of aryl methyl sites for hydroxylation is 2. The largest absolute Gasteiger partial charge is 0.369 e. The molecule has 4 rings (SSSR count). The number of carbonyl (C=O) groups is 1. The Kier molecular flexibility index (Phi) is 6.04. The first-order valence-corrected chi connectivity index (χ1v) is 10.6. The van der Waals surface area contributed by atoms with Crippen LogP contribution in [-0.4, -0.2) is 39.5 Å². The van der Waals surface area contributed by atoms with Gasteiger partial charge in [0.05, 0.1) is 16.8 Å². The van der Waals surface area contributed by atoms with Crippen molar-refractivity contribution in [3.8, 4) is 0 Å². The Morgan fingerprint density at radius 2 is 2.03 bits per heavy atom. The average molecular weight is 422 g/mol. The van der Waals surface area contributed by atoms with Gasteiger partial charge >= 0.3 is 0 Å². The average Bonchev–Trinajstić information content (AvgIpc) is 3.39. The molecule has 0 aliphatic carbocycles. The van der Waals surface area contributed by atoms with Crippen molar-refractivity contribution in [3.05, 3.63) is 70.7 Å². The summed E-state index contributed by atoms with van der Waals surface area (Å²) in [4.78, 5) is 24.9. The molecule has 154 valence electrons. The van der Waals surface area contributed by atoms with Gasteiger partial charge in [-0.05, 0) is 30.9 Å². The molecule has 0 unspecified atom stereocenters. The van der Waals surface area contributed by atoms with E-state index in [1.807, 2.05) is 13.0 Å². The van der Waals surface area contributed by atoms with Crippen molar-refractivity contribution in [2.45, 2.75) is 26.3 Å². The van der Waals surface area contributed by atoms with Gasteiger partial charge in [-0.3, -0.25) is 4.79 Å². The number of carbonyl (C=O) groups excluding carboxylic acids is 1. The molecule has 0 spiro atoms. The molecule has 0 aliphatic rings. The van der Waals surface area contributed by atoms with Crippen molar-refractivity contribution in [2.24, 2.45) is 0 Å². The molecule has 0 aliphatic heterocycles. The minimum Gasteiger partial charge on any atom is -0.369 e. The molecule has 1 amide bonds. The van der Waals surface area contributed by atoms with Crippen LogP contribution >= 0.6 is 11.3 Å². The number of hydrogen-bond donors (Lipinski definition) is 1. The molecule has 0 radical (unpaired) electrons. The van der Waals surface area contributed by atoms with Crippen molar-refractivity contribution < 1.29 is 9.32 Å². The lowest BCUT2D eigenvalue weighted by Crippen LogP contribution is -2.26. The van der Waals surface area contributed by atoms with Crippen LogP contribution in [0.1, 0.15) is 32.9 Å². The van der Waals surface area contributed by atoms with Crippen LogP contribution in [0.3, 0.4) is 0 Å². The van der Waals surface area contributed by atoms with Crippen LogP contribution in [0.2, 0.25) is 0 Å². The van der Waals surface area contributed by atoms with Crippen molar-refractivity contribution >= 4 is 33.3 Å². The number of nitrogens with one attached hydrogen (secondary N) is 1. The van der Waals surface area contributed by atoms with E-state index >= 15 is 0 Å². The van der Waals surface area contributed by atoms with Crippen LogP contribution in [0.15, 0.2) is 53.5 Å². The zero-order valence-corrected chi connectivity index (χ0v) is 17.8. The van der Waals surface area contributed by atoms with E-state index in [2.05, 4.69) is 44.7 Å². The van der Waals surface area contributed by atoms with E-state index in [0.29, 0.717) is 17.1 Å². The summed E-state index contributed by atoms with van der Waals surface area (Å²) in [7, 11) is 1.76. The van der Waals surface area contributed by atoms with Gasteiger partial charge in [-0.2, -0.15) is 0 Å². The summed E-state index contributed by atoms with van der Waals surface area (Å²) in [6.07, 6.45) is 5.04. The van der Waals surface area contributed by atoms with Crippen LogP contribution in [0.25, 0.3) is 10.2 Å². The van der Waals surface area contributed by atoms with Gasteiger partial charge in [-0.15, -0.1) is 11.3 Å². The van der Waals surface area contributed by atoms with Crippen molar-refractivity contribution in [2.75, 3.05) is 18.9 Å².